The summed E-state index contributed by atoms with van der Waals surface area (Å²) < 4.78 is 7.21. The zero-order valence-electron chi connectivity index (χ0n) is 16.1. The van der Waals surface area contributed by atoms with Crippen molar-refractivity contribution >= 4 is 0 Å². The van der Waals surface area contributed by atoms with Crippen molar-refractivity contribution in [2.45, 2.75) is 70.0 Å². The molecule has 0 saturated heterocycles. The van der Waals surface area contributed by atoms with Gasteiger partial charge in [-0.2, -0.15) is 5.10 Å². The Labute approximate surface area is 160 Å². The Morgan fingerprint density at radius 3 is 2.74 bits per heavy atom. The smallest absolute Gasteiger partial charge is 0.267 e. The maximum Gasteiger partial charge on any atom is 0.267 e. The molecule has 2 aliphatic carbocycles. The third-order valence-corrected chi connectivity index (χ3v) is 6.05. The molecule has 4 rings (SSSR count). The van der Waals surface area contributed by atoms with Gasteiger partial charge in [-0.3, -0.25) is 4.79 Å². The lowest BCUT2D eigenvalue weighted by atomic mass is 9.90. The highest BCUT2D eigenvalue weighted by atomic mass is 16.5. The van der Waals surface area contributed by atoms with E-state index in [1.165, 1.54) is 24.0 Å². The Morgan fingerprint density at radius 1 is 1.15 bits per heavy atom. The summed E-state index contributed by atoms with van der Waals surface area (Å²) in [6.45, 7) is 0.816. The van der Waals surface area contributed by atoms with Crippen LogP contribution in [0.5, 0.6) is 5.75 Å². The highest BCUT2D eigenvalue weighted by molar-refractivity contribution is 5.33. The number of aromatic nitrogens is 2. The van der Waals surface area contributed by atoms with Crippen molar-refractivity contribution in [1.82, 2.24) is 15.1 Å². The Balaban J connectivity index is 1.36. The molecule has 5 nitrogen and oxygen atoms in total. The molecule has 2 aliphatic rings. The van der Waals surface area contributed by atoms with E-state index in [0.717, 1.165) is 56.5 Å². The maximum absolute atomic E-state index is 12.5. The number of aryl methyl sites for hydroxylation is 2. The van der Waals surface area contributed by atoms with E-state index in [0.29, 0.717) is 6.04 Å². The van der Waals surface area contributed by atoms with Gasteiger partial charge in [0.15, 0.2) is 0 Å². The lowest BCUT2D eigenvalue weighted by Gasteiger charge is -2.30. The third kappa shape index (κ3) is 4.08. The van der Waals surface area contributed by atoms with E-state index in [1.807, 2.05) is 24.3 Å². The Morgan fingerprint density at radius 2 is 1.93 bits per heavy atom. The van der Waals surface area contributed by atoms with Crippen molar-refractivity contribution < 1.29 is 4.74 Å². The van der Waals surface area contributed by atoms with E-state index in [1.54, 1.807) is 11.8 Å². The Kier molecular flexibility index (Phi) is 5.58. The average Bonchev–Trinajstić information content (AvgIpc) is 2.72. The molecule has 0 aliphatic heterocycles. The van der Waals surface area contributed by atoms with Gasteiger partial charge in [0.05, 0.1) is 18.8 Å². The molecule has 5 heteroatoms. The lowest BCUT2D eigenvalue weighted by Crippen LogP contribution is -2.37. The van der Waals surface area contributed by atoms with Crippen LogP contribution in [-0.4, -0.2) is 22.9 Å². The summed E-state index contributed by atoms with van der Waals surface area (Å²) in [6, 6.07) is 10.7. The number of hydrogen-bond donors (Lipinski definition) is 1. The fraction of sp³-hybridized carbons (Fsp3) is 0.545. The molecule has 1 fully saturated rings. The quantitative estimate of drug-likeness (QED) is 0.880. The SMILES string of the molecule is COc1ccccc1CNC1CCC(n2nc3c(cc2=O)CCCC3)CC1. The molecule has 27 heavy (non-hydrogen) atoms. The predicted octanol–water partition coefficient (Wildman–Crippen LogP) is 3.40. The van der Waals surface area contributed by atoms with Crippen molar-refractivity contribution in [3.05, 3.63) is 57.5 Å². The monoisotopic (exact) mass is 367 g/mol. The van der Waals surface area contributed by atoms with Crippen molar-refractivity contribution in [2.75, 3.05) is 7.11 Å². The molecule has 0 unspecified atom stereocenters. The number of methoxy groups -OCH3 is 1. The second-order valence-corrected chi connectivity index (χ2v) is 7.80. The molecular weight excluding hydrogens is 338 g/mol. The number of nitrogens with one attached hydrogen (secondary N) is 1. The lowest BCUT2D eigenvalue weighted by molar-refractivity contribution is 0.266. The fourth-order valence-corrected chi connectivity index (χ4v) is 4.47. The summed E-state index contributed by atoms with van der Waals surface area (Å²) in [7, 11) is 1.72. The van der Waals surface area contributed by atoms with Crippen LogP contribution in [0.4, 0.5) is 0 Å². The van der Waals surface area contributed by atoms with Gasteiger partial charge in [-0.05, 0) is 63.0 Å². The van der Waals surface area contributed by atoms with E-state index >= 15 is 0 Å². The molecule has 0 radical (unpaired) electrons. The van der Waals surface area contributed by atoms with Gasteiger partial charge in [0.1, 0.15) is 5.75 Å². The first-order valence-corrected chi connectivity index (χ1v) is 10.2. The molecular formula is C22H29N3O2. The molecule has 1 saturated carbocycles. The summed E-state index contributed by atoms with van der Waals surface area (Å²) in [5.41, 5.74) is 3.60. The van der Waals surface area contributed by atoms with Gasteiger partial charge >= 0.3 is 0 Å². The van der Waals surface area contributed by atoms with Crippen LogP contribution >= 0.6 is 0 Å². The van der Waals surface area contributed by atoms with Gasteiger partial charge in [0.2, 0.25) is 0 Å². The largest absolute Gasteiger partial charge is 0.496 e. The number of nitrogens with zero attached hydrogens (tertiary/aromatic N) is 2. The highest BCUT2D eigenvalue weighted by Gasteiger charge is 2.25. The molecule has 0 amide bonds. The van der Waals surface area contributed by atoms with Gasteiger partial charge < -0.3 is 10.1 Å². The molecule has 1 aromatic heterocycles. The summed E-state index contributed by atoms with van der Waals surface area (Å²) in [4.78, 5) is 12.5. The normalized spacial score (nSPS) is 22.3. The summed E-state index contributed by atoms with van der Waals surface area (Å²) in [5.74, 6) is 0.934. The van der Waals surface area contributed by atoms with Crippen LogP contribution < -0.4 is 15.6 Å². The van der Waals surface area contributed by atoms with Crippen LogP contribution in [0.25, 0.3) is 0 Å². The van der Waals surface area contributed by atoms with Crippen molar-refractivity contribution in [3.8, 4) is 5.75 Å². The van der Waals surface area contributed by atoms with Crippen LogP contribution in [0.15, 0.2) is 35.1 Å². The van der Waals surface area contributed by atoms with Gasteiger partial charge in [-0.1, -0.05) is 18.2 Å². The van der Waals surface area contributed by atoms with E-state index in [2.05, 4.69) is 11.4 Å². The molecule has 1 aromatic carbocycles. The van der Waals surface area contributed by atoms with Crippen molar-refractivity contribution in [1.29, 1.82) is 0 Å². The maximum atomic E-state index is 12.5. The van der Waals surface area contributed by atoms with Crippen molar-refractivity contribution in [3.63, 3.8) is 0 Å². The van der Waals surface area contributed by atoms with Gasteiger partial charge in [-0.15, -0.1) is 0 Å². The standard InChI is InChI=1S/C22H29N3O2/c1-27-21-9-5-3-7-17(21)15-23-18-10-12-19(13-11-18)25-22(26)14-16-6-2-4-8-20(16)24-25/h3,5,7,9,14,18-19,23H,2,4,6,8,10-13,15H2,1H3. The van der Waals surface area contributed by atoms with E-state index in [-0.39, 0.29) is 11.6 Å². The second-order valence-electron chi connectivity index (χ2n) is 7.80. The number of hydrogen-bond acceptors (Lipinski definition) is 4. The Hall–Kier alpha value is -2.14. The topological polar surface area (TPSA) is 56.1 Å². The zero-order valence-corrected chi connectivity index (χ0v) is 16.1. The molecule has 2 aromatic rings. The van der Waals surface area contributed by atoms with Crippen LogP contribution in [0.1, 0.15) is 61.4 Å². The summed E-state index contributed by atoms with van der Waals surface area (Å²) in [5, 5.41) is 8.41. The molecule has 1 N–H and O–H groups in total. The molecule has 0 atom stereocenters. The van der Waals surface area contributed by atoms with Crippen LogP contribution in [0.3, 0.4) is 0 Å². The predicted molar refractivity (Wildman–Crippen MR) is 106 cm³/mol. The minimum atomic E-state index is 0.0843. The molecule has 0 spiro atoms. The van der Waals surface area contributed by atoms with Gasteiger partial charge in [0, 0.05) is 24.2 Å². The Bertz CT molecular complexity index is 838. The van der Waals surface area contributed by atoms with Crippen LogP contribution in [0.2, 0.25) is 0 Å². The first kappa shape index (κ1) is 18.2. The number of para-hydroxylation sites is 1. The second kappa shape index (κ2) is 8.26. The number of fused-ring (bicyclic) bond motifs is 1. The minimum Gasteiger partial charge on any atom is -0.496 e. The molecule has 0 bridgehead atoms. The number of benzene rings is 1. The molecule has 144 valence electrons. The summed E-state index contributed by atoms with van der Waals surface area (Å²) >= 11 is 0. The zero-order chi connectivity index (χ0) is 18.6. The van der Waals surface area contributed by atoms with Gasteiger partial charge in [0.25, 0.3) is 5.56 Å². The number of ether oxygens (including phenoxy) is 1. The molecule has 1 heterocycles. The van der Waals surface area contributed by atoms with E-state index in [9.17, 15) is 4.79 Å². The number of rotatable bonds is 5. The van der Waals surface area contributed by atoms with Crippen LogP contribution in [0, 0.1) is 0 Å². The highest BCUT2D eigenvalue weighted by Crippen LogP contribution is 2.28. The van der Waals surface area contributed by atoms with Gasteiger partial charge in [-0.25, -0.2) is 4.68 Å². The minimum absolute atomic E-state index is 0.0843. The van der Waals surface area contributed by atoms with E-state index < -0.39 is 0 Å². The van der Waals surface area contributed by atoms with Crippen LogP contribution in [-0.2, 0) is 19.4 Å². The first-order valence-electron chi connectivity index (χ1n) is 10.2. The first-order chi connectivity index (χ1) is 13.2. The third-order valence-electron chi connectivity index (χ3n) is 6.05. The fourth-order valence-electron chi connectivity index (χ4n) is 4.47. The summed E-state index contributed by atoms with van der Waals surface area (Å²) in [6.07, 6.45) is 8.57. The van der Waals surface area contributed by atoms with Crippen molar-refractivity contribution in [2.24, 2.45) is 0 Å². The average molecular weight is 367 g/mol. The van der Waals surface area contributed by atoms with E-state index in [4.69, 9.17) is 9.84 Å².